The number of ether oxygens (including phenoxy) is 1. The van der Waals surface area contributed by atoms with Crippen LogP contribution in [0.15, 0.2) is 29.4 Å². The Morgan fingerprint density at radius 1 is 1.35 bits per heavy atom. The first kappa shape index (κ1) is 24.8. The zero-order chi connectivity index (χ0) is 23.0. The molecular formula is C19H25F3N4O4S. The maximum absolute atomic E-state index is 11.7. The Hall–Kier alpha value is -2.44. The number of carboxylic acids is 1. The van der Waals surface area contributed by atoms with Crippen molar-refractivity contribution in [1.82, 2.24) is 19.4 Å². The molecule has 31 heavy (non-hydrogen) atoms. The van der Waals surface area contributed by atoms with Crippen LogP contribution in [-0.2, 0) is 34.0 Å². The summed E-state index contributed by atoms with van der Waals surface area (Å²) in [6, 6.07) is 2.17. The third-order valence-corrected chi connectivity index (χ3v) is 5.19. The summed E-state index contributed by atoms with van der Waals surface area (Å²) in [5, 5.41) is 11.4. The molecule has 2 aromatic heterocycles. The van der Waals surface area contributed by atoms with Crippen LogP contribution in [0.5, 0.6) is 0 Å². The van der Waals surface area contributed by atoms with Crippen molar-refractivity contribution in [3.63, 3.8) is 0 Å². The second-order valence-corrected chi connectivity index (χ2v) is 8.09. The number of carbonyl (C=O) groups is 2. The van der Waals surface area contributed by atoms with Gasteiger partial charge >= 0.3 is 12.1 Å². The molecule has 0 spiro atoms. The number of carbonyl (C=O) groups excluding carboxylic acids is 1. The van der Waals surface area contributed by atoms with E-state index in [-0.39, 0.29) is 12.5 Å². The summed E-state index contributed by atoms with van der Waals surface area (Å²) in [5.74, 6) is -2.41. The molecule has 2 aromatic rings. The average Bonchev–Trinajstić information content (AvgIpc) is 3.30. The SMILES string of the molecule is CN(C)C(=O)COCC1CN(Cc2ccsc2)Cc2cncn2C1.O=C(O)C(F)(F)F. The van der Waals surface area contributed by atoms with Gasteiger partial charge in [0.25, 0.3) is 0 Å². The Morgan fingerprint density at radius 3 is 2.65 bits per heavy atom. The third kappa shape index (κ3) is 8.31. The Kier molecular flexibility index (Phi) is 9.01. The molecule has 8 nitrogen and oxygen atoms in total. The Balaban J connectivity index is 0.000000423. The molecule has 1 unspecified atom stereocenters. The number of aliphatic carboxylic acids is 1. The van der Waals surface area contributed by atoms with Crippen molar-refractivity contribution in [2.75, 3.05) is 33.9 Å². The molecule has 0 saturated carbocycles. The largest absolute Gasteiger partial charge is 0.490 e. The molecule has 0 aliphatic carbocycles. The van der Waals surface area contributed by atoms with Crippen LogP contribution < -0.4 is 0 Å². The van der Waals surface area contributed by atoms with Crippen LogP contribution in [0, 0.1) is 5.92 Å². The highest BCUT2D eigenvalue weighted by molar-refractivity contribution is 7.07. The minimum atomic E-state index is -5.08. The van der Waals surface area contributed by atoms with Crippen molar-refractivity contribution in [3.05, 3.63) is 40.6 Å². The van der Waals surface area contributed by atoms with E-state index in [4.69, 9.17) is 14.6 Å². The highest BCUT2D eigenvalue weighted by Crippen LogP contribution is 2.19. The molecule has 0 fully saturated rings. The summed E-state index contributed by atoms with van der Waals surface area (Å²) in [5.41, 5.74) is 2.58. The fraction of sp³-hybridized carbons (Fsp3) is 0.526. The van der Waals surface area contributed by atoms with Crippen LogP contribution in [0.2, 0.25) is 0 Å². The van der Waals surface area contributed by atoms with E-state index in [2.05, 4.69) is 31.3 Å². The number of hydrogen-bond acceptors (Lipinski definition) is 6. The van der Waals surface area contributed by atoms with Gasteiger partial charge in [0.1, 0.15) is 6.61 Å². The molecule has 0 aromatic carbocycles. The maximum atomic E-state index is 11.7. The Bertz CT molecular complexity index is 840. The molecule has 1 N–H and O–H groups in total. The molecule has 0 bridgehead atoms. The van der Waals surface area contributed by atoms with Crippen LogP contribution in [0.1, 0.15) is 11.3 Å². The highest BCUT2D eigenvalue weighted by atomic mass is 32.1. The average molecular weight is 462 g/mol. The van der Waals surface area contributed by atoms with Crippen molar-refractivity contribution >= 4 is 23.2 Å². The predicted octanol–water partition coefficient (Wildman–Crippen LogP) is 2.31. The minimum Gasteiger partial charge on any atom is -0.475 e. The number of imidazole rings is 1. The number of aromatic nitrogens is 2. The number of likely N-dealkylation sites (N-methyl/N-ethyl adjacent to an activating group) is 1. The molecule has 3 rings (SSSR count). The van der Waals surface area contributed by atoms with Gasteiger partial charge in [0.2, 0.25) is 5.91 Å². The van der Waals surface area contributed by atoms with Crippen molar-refractivity contribution in [3.8, 4) is 0 Å². The number of carboxylic acid groups (broad SMARTS) is 1. The molecule has 1 atom stereocenters. The number of rotatable bonds is 6. The normalized spacial score (nSPS) is 16.6. The third-order valence-electron chi connectivity index (χ3n) is 4.46. The van der Waals surface area contributed by atoms with Gasteiger partial charge < -0.3 is 19.3 Å². The minimum absolute atomic E-state index is 0.00192. The lowest BCUT2D eigenvalue weighted by atomic mass is 10.1. The van der Waals surface area contributed by atoms with Gasteiger partial charge in [-0.25, -0.2) is 9.78 Å². The molecule has 1 amide bonds. The fourth-order valence-corrected chi connectivity index (χ4v) is 3.61. The van der Waals surface area contributed by atoms with E-state index >= 15 is 0 Å². The highest BCUT2D eigenvalue weighted by Gasteiger charge is 2.38. The molecule has 0 radical (unpaired) electrons. The van der Waals surface area contributed by atoms with Crippen molar-refractivity contribution in [2.24, 2.45) is 5.92 Å². The number of thiophene rings is 1. The quantitative estimate of drug-likeness (QED) is 0.709. The van der Waals surface area contributed by atoms with Crippen LogP contribution >= 0.6 is 11.3 Å². The smallest absolute Gasteiger partial charge is 0.475 e. The summed E-state index contributed by atoms with van der Waals surface area (Å²) >= 11 is 1.73. The summed E-state index contributed by atoms with van der Waals surface area (Å²) in [7, 11) is 3.50. The Labute approximate surface area is 181 Å². The molecule has 12 heteroatoms. The van der Waals surface area contributed by atoms with Crippen molar-refractivity contribution in [1.29, 1.82) is 0 Å². The molecule has 0 saturated heterocycles. The monoisotopic (exact) mass is 462 g/mol. The van der Waals surface area contributed by atoms with Gasteiger partial charge in [-0.15, -0.1) is 0 Å². The van der Waals surface area contributed by atoms with E-state index in [1.165, 1.54) is 11.3 Å². The van der Waals surface area contributed by atoms with E-state index in [9.17, 15) is 18.0 Å². The van der Waals surface area contributed by atoms with E-state index in [0.29, 0.717) is 12.5 Å². The van der Waals surface area contributed by atoms with E-state index in [0.717, 1.165) is 26.2 Å². The number of halogens is 3. The molecule has 1 aliphatic heterocycles. The van der Waals surface area contributed by atoms with Gasteiger partial charge in [-0.05, 0) is 22.4 Å². The summed E-state index contributed by atoms with van der Waals surface area (Å²) in [6.45, 7) is 4.38. The summed E-state index contributed by atoms with van der Waals surface area (Å²) in [4.78, 5) is 28.8. The molecule has 3 heterocycles. The first-order valence-corrected chi connectivity index (χ1v) is 10.3. The first-order valence-electron chi connectivity index (χ1n) is 9.36. The van der Waals surface area contributed by atoms with Gasteiger partial charge in [-0.2, -0.15) is 24.5 Å². The standard InChI is InChI=1S/C17H24N4O2S.C2HF3O2/c1-19(2)17(22)11-23-10-15-7-20(6-14-3-4-24-12-14)9-16-5-18-13-21(16)8-15;3-2(4,5)1(6)7/h3-5,12-13,15H,6-11H2,1-2H3;(H,6,7). The number of alkyl halides is 3. The van der Waals surface area contributed by atoms with Crippen LogP contribution in [0.4, 0.5) is 13.2 Å². The van der Waals surface area contributed by atoms with Crippen molar-refractivity contribution < 1.29 is 32.6 Å². The van der Waals surface area contributed by atoms with Gasteiger partial charge in [0.15, 0.2) is 0 Å². The van der Waals surface area contributed by atoms with E-state index in [1.807, 2.05) is 12.5 Å². The van der Waals surface area contributed by atoms with Gasteiger partial charge in [-0.3, -0.25) is 9.69 Å². The zero-order valence-electron chi connectivity index (χ0n) is 17.2. The number of amides is 1. The van der Waals surface area contributed by atoms with E-state index < -0.39 is 12.1 Å². The second kappa shape index (κ2) is 11.3. The predicted molar refractivity (Wildman–Crippen MR) is 107 cm³/mol. The van der Waals surface area contributed by atoms with Gasteiger partial charge in [0, 0.05) is 52.4 Å². The van der Waals surface area contributed by atoms with Gasteiger partial charge in [0.05, 0.1) is 18.6 Å². The second-order valence-electron chi connectivity index (χ2n) is 7.31. The van der Waals surface area contributed by atoms with Crippen LogP contribution in [0.25, 0.3) is 0 Å². The summed E-state index contributed by atoms with van der Waals surface area (Å²) < 4.78 is 39.6. The lowest BCUT2D eigenvalue weighted by molar-refractivity contribution is -0.192. The summed E-state index contributed by atoms with van der Waals surface area (Å²) in [6.07, 6.45) is -1.25. The van der Waals surface area contributed by atoms with Crippen molar-refractivity contribution in [2.45, 2.75) is 25.8 Å². The van der Waals surface area contributed by atoms with E-state index in [1.54, 1.807) is 30.3 Å². The molecular weight excluding hydrogens is 437 g/mol. The fourth-order valence-electron chi connectivity index (χ4n) is 2.95. The van der Waals surface area contributed by atoms with Crippen LogP contribution in [0.3, 0.4) is 0 Å². The molecule has 172 valence electrons. The molecule has 1 aliphatic rings. The number of hydrogen-bond donors (Lipinski definition) is 1. The van der Waals surface area contributed by atoms with Gasteiger partial charge in [-0.1, -0.05) is 0 Å². The number of fused-ring (bicyclic) bond motifs is 1. The lowest BCUT2D eigenvalue weighted by Crippen LogP contribution is -2.32. The number of nitrogens with zero attached hydrogens (tertiary/aromatic N) is 4. The topological polar surface area (TPSA) is 87.9 Å². The Morgan fingerprint density at radius 2 is 2.06 bits per heavy atom. The van der Waals surface area contributed by atoms with Crippen LogP contribution in [-0.4, -0.2) is 76.4 Å². The first-order chi connectivity index (χ1) is 14.6. The zero-order valence-corrected chi connectivity index (χ0v) is 18.0. The lowest BCUT2D eigenvalue weighted by Gasteiger charge is -2.23. The maximum Gasteiger partial charge on any atom is 0.490 e.